The van der Waals surface area contributed by atoms with Gasteiger partial charge in [-0.2, -0.15) is 0 Å². The highest BCUT2D eigenvalue weighted by atomic mass is 31.2. The Morgan fingerprint density at radius 2 is 1.71 bits per heavy atom. The van der Waals surface area contributed by atoms with E-state index in [4.69, 9.17) is 24.3 Å². The van der Waals surface area contributed by atoms with Gasteiger partial charge in [0.05, 0.1) is 7.11 Å². The molecule has 0 saturated carbocycles. The Bertz CT molecular complexity index is 601. The average molecular weight is 337 g/mol. The third kappa shape index (κ3) is 3.93. The lowest BCUT2D eigenvalue weighted by Crippen LogP contribution is -2.38. The predicted molar refractivity (Wildman–Crippen MR) is 75.2 cm³/mol. The van der Waals surface area contributed by atoms with Crippen LogP contribution in [0.15, 0.2) is 18.2 Å². The van der Waals surface area contributed by atoms with E-state index in [1.807, 2.05) is 6.07 Å². The van der Waals surface area contributed by atoms with Gasteiger partial charge in [-0.3, -0.25) is 14.4 Å². The summed E-state index contributed by atoms with van der Waals surface area (Å²) in [6, 6.07) is 4.96. The largest absolute Gasteiger partial charge is 0.497 e. The summed E-state index contributed by atoms with van der Waals surface area (Å²) < 4.78 is 27.6. The smallest absolute Gasteiger partial charge is 0.354 e. The van der Waals surface area contributed by atoms with Crippen LogP contribution in [-0.4, -0.2) is 38.2 Å². The van der Waals surface area contributed by atoms with Gasteiger partial charge < -0.3 is 24.3 Å². The molecular weight excluding hydrogens is 320 g/mol. The van der Waals surface area contributed by atoms with E-state index < -0.39 is 26.8 Å². The first-order valence-corrected chi connectivity index (χ1v) is 9.50. The summed E-state index contributed by atoms with van der Waals surface area (Å²) >= 11 is 0. The molecule has 5 N–H and O–H groups in total. The number of benzene rings is 1. The van der Waals surface area contributed by atoms with E-state index in [1.54, 1.807) is 12.1 Å². The van der Waals surface area contributed by atoms with E-state index in [9.17, 15) is 9.13 Å². The van der Waals surface area contributed by atoms with Crippen molar-refractivity contribution < 1.29 is 33.4 Å². The fraction of sp³-hybridized carbons (Fsp3) is 0.455. The Balaban J connectivity index is 2.15. The van der Waals surface area contributed by atoms with Crippen molar-refractivity contribution in [3.8, 4) is 5.75 Å². The summed E-state index contributed by atoms with van der Waals surface area (Å²) in [6.45, 7) is 0. The molecule has 1 aliphatic carbocycles. The Hall–Kier alpha value is -0.720. The molecule has 0 radical (unpaired) electrons. The van der Waals surface area contributed by atoms with Crippen LogP contribution in [0.3, 0.4) is 0 Å². The maximum absolute atomic E-state index is 11.3. The molecule has 2 rings (SSSR count). The van der Waals surface area contributed by atoms with Crippen LogP contribution in [0.5, 0.6) is 5.75 Å². The van der Waals surface area contributed by atoms with Crippen LogP contribution in [0, 0.1) is 0 Å². The topological polar surface area (TPSA) is 136 Å². The summed E-state index contributed by atoms with van der Waals surface area (Å²) in [4.78, 5) is 36.4. The van der Waals surface area contributed by atoms with Crippen molar-refractivity contribution in [2.75, 3.05) is 7.11 Å². The summed E-state index contributed by atoms with van der Waals surface area (Å²) in [5, 5.41) is 2.41. The Labute approximate surface area is 121 Å². The standard InChI is InChI=1S/C11H17NO7P2/c1-19-10-3-2-7-4-9(5-8(7)6-10)12-11(20(13,14)15)21(16,17)18/h2-3,6,9,11-12H,4-5H2,1H3,(H2,13,14,15)(H2,16,17,18). The molecule has 118 valence electrons. The molecule has 0 aromatic heterocycles. The first kappa shape index (κ1) is 16.6. The Morgan fingerprint density at radius 3 is 2.24 bits per heavy atom. The highest BCUT2D eigenvalue weighted by Crippen LogP contribution is 2.58. The zero-order valence-corrected chi connectivity index (χ0v) is 13.0. The molecule has 21 heavy (non-hydrogen) atoms. The molecule has 0 aliphatic heterocycles. The lowest BCUT2D eigenvalue weighted by atomic mass is 10.1. The minimum absolute atomic E-state index is 0.420. The molecule has 8 nitrogen and oxygen atoms in total. The van der Waals surface area contributed by atoms with Crippen molar-refractivity contribution in [1.29, 1.82) is 0 Å². The Morgan fingerprint density at radius 1 is 1.14 bits per heavy atom. The molecule has 0 heterocycles. The van der Waals surface area contributed by atoms with Crippen LogP contribution >= 0.6 is 15.2 Å². The summed E-state index contributed by atoms with van der Waals surface area (Å²) in [6.07, 6.45) is 0.860. The second-order valence-electron chi connectivity index (χ2n) is 4.96. The van der Waals surface area contributed by atoms with Gasteiger partial charge in [-0.15, -0.1) is 0 Å². The van der Waals surface area contributed by atoms with Crippen molar-refractivity contribution in [2.24, 2.45) is 0 Å². The number of nitrogens with one attached hydrogen (secondary N) is 1. The van der Waals surface area contributed by atoms with Crippen molar-refractivity contribution in [1.82, 2.24) is 5.32 Å². The molecule has 1 unspecified atom stereocenters. The molecular formula is C11H17NO7P2. The van der Waals surface area contributed by atoms with E-state index in [1.165, 1.54) is 7.11 Å². The molecule has 0 spiro atoms. The van der Waals surface area contributed by atoms with Gasteiger partial charge in [0.1, 0.15) is 5.75 Å². The van der Waals surface area contributed by atoms with Crippen LogP contribution in [0.25, 0.3) is 0 Å². The minimum Gasteiger partial charge on any atom is -0.497 e. The highest BCUT2D eigenvalue weighted by Gasteiger charge is 2.45. The maximum atomic E-state index is 11.3. The van der Waals surface area contributed by atoms with E-state index >= 15 is 0 Å². The van der Waals surface area contributed by atoms with Gasteiger partial charge in [0, 0.05) is 6.04 Å². The molecule has 1 atom stereocenters. The first-order valence-electron chi connectivity index (χ1n) is 6.13. The molecule has 1 aromatic rings. The molecule has 0 bridgehead atoms. The fourth-order valence-electron chi connectivity index (χ4n) is 2.44. The van der Waals surface area contributed by atoms with Crippen molar-refractivity contribution >= 4 is 15.2 Å². The predicted octanol–water partition coefficient (Wildman–Crippen LogP) is 0.391. The maximum Gasteiger partial charge on any atom is 0.354 e. The number of hydrogen-bond acceptors (Lipinski definition) is 4. The number of fused-ring (bicyclic) bond motifs is 1. The average Bonchev–Trinajstić information content (AvgIpc) is 2.74. The van der Waals surface area contributed by atoms with Gasteiger partial charge in [-0.05, 0) is 36.1 Å². The second kappa shape index (κ2) is 5.82. The molecule has 1 aromatic carbocycles. The number of ether oxygens (including phenoxy) is 1. The number of hydrogen-bond donors (Lipinski definition) is 5. The lowest BCUT2D eigenvalue weighted by Gasteiger charge is -2.24. The third-order valence-electron chi connectivity index (χ3n) is 3.37. The second-order valence-corrected chi connectivity index (χ2v) is 8.75. The zero-order chi connectivity index (χ0) is 15.8. The van der Waals surface area contributed by atoms with Gasteiger partial charge in [0.15, 0.2) is 0 Å². The molecule has 0 saturated heterocycles. The SMILES string of the molecule is COc1ccc2c(c1)CC(NC(P(=O)(O)O)P(=O)(O)O)C2. The van der Waals surface area contributed by atoms with Crippen molar-refractivity contribution in [3.63, 3.8) is 0 Å². The van der Waals surface area contributed by atoms with E-state index in [0.29, 0.717) is 18.6 Å². The number of methoxy groups -OCH3 is 1. The van der Waals surface area contributed by atoms with Crippen molar-refractivity contribution in [3.05, 3.63) is 29.3 Å². The minimum atomic E-state index is -4.96. The van der Waals surface area contributed by atoms with E-state index in [2.05, 4.69) is 5.32 Å². The highest BCUT2D eigenvalue weighted by molar-refractivity contribution is 7.70. The van der Waals surface area contributed by atoms with Crippen LogP contribution in [0.1, 0.15) is 11.1 Å². The summed E-state index contributed by atoms with van der Waals surface area (Å²) in [5.74, 6) is 0.663. The fourth-order valence-corrected chi connectivity index (χ4v) is 4.82. The molecule has 0 amide bonds. The van der Waals surface area contributed by atoms with Gasteiger partial charge in [-0.1, -0.05) is 6.07 Å². The van der Waals surface area contributed by atoms with Crippen LogP contribution in [-0.2, 0) is 22.0 Å². The van der Waals surface area contributed by atoms with E-state index in [-0.39, 0.29) is 0 Å². The van der Waals surface area contributed by atoms with Gasteiger partial charge in [0.2, 0.25) is 5.52 Å². The molecule has 10 heteroatoms. The first-order chi connectivity index (χ1) is 9.61. The molecule has 0 fully saturated rings. The van der Waals surface area contributed by atoms with Crippen LogP contribution < -0.4 is 10.1 Å². The van der Waals surface area contributed by atoms with E-state index in [0.717, 1.165) is 11.1 Å². The van der Waals surface area contributed by atoms with Crippen molar-refractivity contribution in [2.45, 2.75) is 24.4 Å². The van der Waals surface area contributed by atoms with Crippen LogP contribution in [0.4, 0.5) is 0 Å². The zero-order valence-electron chi connectivity index (χ0n) is 11.2. The Kier molecular flexibility index (Phi) is 4.61. The summed E-state index contributed by atoms with van der Waals surface area (Å²) in [5.41, 5.74) is -0.281. The number of rotatable bonds is 5. The quantitative estimate of drug-likeness (QED) is 0.487. The third-order valence-corrected chi connectivity index (χ3v) is 6.75. The van der Waals surface area contributed by atoms with Gasteiger partial charge in [0.25, 0.3) is 0 Å². The molecule has 1 aliphatic rings. The van der Waals surface area contributed by atoms with Crippen LogP contribution in [0.2, 0.25) is 0 Å². The normalized spacial score (nSPS) is 18.9. The van der Waals surface area contributed by atoms with Gasteiger partial charge in [-0.25, -0.2) is 0 Å². The van der Waals surface area contributed by atoms with Gasteiger partial charge >= 0.3 is 15.2 Å². The summed E-state index contributed by atoms with van der Waals surface area (Å²) in [7, 11) is -8.39. The monoisotopic (exact) mass is 337 g/mol. The lowest BCUT2D eigenvalue weighted by molar-refractivity contribution is 0.320.